The summed E-state index contributed by atoms with van der Waals surface area (Å²) in [6, 6.07) is -0.0813. The van der Waals surface area contributed by atoms with Crippen molar-refractivity contribution in [2.45, 2.75) is 57.3 Å². The molecule has 2 N–H and O–H groups in total. The van der Waals surface area contributed by atoms with Gasteiger partial charge in [0.15, 0.2) is 0 Å². The Morgan fingerprint density at radius 3 is 2.89 bits per heavy atom. The van der Waals surface area contributed by atoms with Gasteiger partial charge in [0, 0.05) is 13.5 Å². The van der Waals surface area contributed by atoms with Gasteiger partial charge in [0.05, 0.1) is 25.4 Å². The summed E-state index contributed by atoms with van der Waals surface area (Å²) in [6.45, 7) is 2.95. The largest absolute Gasteiger partial charge is 0.390 e. The summed E-state index contributed by atoms with van der Waals surface area (Å²) in [4.78, 5) is 11.6. The first kappa shape index (κ1) is 15.4. The van der Waals surface area contributed by atoms with Crippen LogP contribution in [0.5, 0.6) is 0 Å². The van der Waals surface area contributed by atoms with Gasteiger partial charge in [-0.25, -0.2) is 0 Å². The van der Waals surface area contributed by atoms with E-state index in [0.29, 0.717) is 26.1 Å². The Balaban J connectivity index is 2.22. The summed E-state index contributed by atoms with van der Waals surface area (Å²) < 4.78 is 10.4. The van der Waals surface area contributed by atoms with E-state index in [1.54, 1.807) is 7.11 Å². The van der Waals surface area contributed by atoms with Crippen molar-refractivity contribution in [1.29, 1.82) is 0 Å². The number of hydrogen-bond acceptors (Lipinski definition) is 4. The number of nitrogens with one attached hydrogen (secondary N) is 1. The predicted molar refractivity (Wildman–Crippen MR) is 68.3 cm³/mol. The molecule has 5 heteroatoms. The highest BCUT2D eigenvalue weighted by molar-refractivity contribution is 5.76. The van der Waals surface area contributed by atoms with Gasteiger partial charge in [0.2, 0.25) is 5.91 Å². The molecule has 0 aliphatic carbocycles. The van der Waals surface area contributed by atoms with Crippen molar-refractivity contribution in [3.8, 4) is 0 Å². The number of carbonyl (C=O) groups excluding carboxylic acids is 1. The first-order valence-electron chi connectivity index (χ1n) is 6.75. The molecule has 18 heavy (non-hydrogen) atoms. The molecule has 0 aromatic carbocycles. The normalized spacial score (nSPS) is 28.1. The van der Waals surface area contributed by atoms with Gasteiger partial charge in [-0.05, 0) is 12.8 Å². The van der Waals surface area contributed by atoms with E-state index in [2.05, 4.69) is 12.2 Å². The lowest BCUT2D eigenvalue weighted by atomic mass is 10.0. The standard InChI is InChI=1S/C13H25NO4/c1-3-4-5-6-13(16)14-10-7-11(15)12(9-17-2)18-8-10/h10-12,15H,3-9H2,1-2H3,(H,14,16). The Hall–Kier alpha value is -0.650. The van der Waals surface area contributed by atoms with E-state index in [9.17, 15) is 9.90 Å². The number of carbonyl (C=O) groups is 1. The molecule has 1 saturated heterocycles. The van der Waals surface area contributed by atoms with E-state index in [1.165, 1.54) is 0 Å². The van der Waals surface area contributed by atoms with Crippen LogP contribution in [-0.4, -0.2) is 49.6 Å². The minimum Gasteiger partial charge on any atom is -0.390 e. The van der Waals surface area contributed by atoms with Crippen LogP contribution < -0.4 is 5.32 Å². The Labute approximate surface area is 109 Å². The number of ether oxygens (including phenoxy) is 2. The summed E-state index contributed by atoms with van der Waals surface area (Å²) in [6.07, 6.45) is 3.35. The SMILES string of the molecule is CCCCCC(=O)NC1COC(COC)C(O)C1. The highest BCUT2D eigenvalue weighted by Crippen LogP contribution is 2.15. The van der Waals surface area contributed by atoms with Crippen LogP contribution in [0.3, 0.4) is 0 Å². The Kier molecular flexibility index (Phi) is 7.23. The molecule has 0 radical (unpaired) electrons. The summed E-state index contributed by atoms with van der Waals surface area (Å²) in [5, 5.41) is 12.7. The predicted octanol–water partition coefficient (Wildman–Crippen LogP) is 0.848. The van der Waals surface area contributed by atoms with Gasteiger partial charge in [-0.1, -0.05) is 19.8 Å². The van der Waals surface area contributed by atoms with Gasteiger partial charge in [0.1, 0.15) is 6.10 Å². The molecule has 0 bridgehead atoms. The molecule has 3 atom stereocenters. The van der Waals surface area contributed by atoms with Gasteiger partial charge in [0.25, 0.3) is 0 Å². The van der Waals surface area contributed by atoms with Crippen molar-refractivity contribution in [3.63, 3.8) is 0 Å². The number of unbranched alkanes of at least 4 members (excludes halogenated alkanes) is 2. The minimum atomic E-state index is -0.570. The van der Waals surface area contributed by atoms with Crippen LogP contribution in [0.4, 0.5) is 0 Å². The average molecular weight is 259 g/mol. The molecule has 1 aliphatic rings. The third kappa shape index (κ3) is 5.33. The van der Waals surface area contributed by atoms with Gasteiger partial charge in [-0.3, -0.25) is 4.79 Å². The monoisotopic (exact) mass is 259 g/mol. The molecular formula is C13H25NO4. The first-order chi connectivity index (χ1) is 8.67. The van der Waals surface area contributed by atoms with Crippen LogP contribution in [-0.2, 0) is 14.3 Å². The van der Waals surface area contributed by atoms with Crippen LogP contribution in [0.25, 0.3) is 0 Å². The van der Waals surface area contributed by atoms with Crippen molar-refractivity contribution < 1.29 is 19.4 Å². The maximum Gasteiger partial charge on any atom is 0.220 e. The number of rotatable bonds is 7. The molecule has 5 nitrogen and oxygen atoms in total. The fourth-order valence-corrected chi connectivity index (χ4v) is 2.12. The summed E-state index contributed by atoms with van der Waals surface area (Å²) in [5.74, 6) is 0.0504. The zero-order valence-corrected chi connectivity index (χ0v) is 11.4. The number of hydrogen-bond donors (Lipinski definition) is 2. The molecule has 1 aliphatic heterocycles. The number of methoxy groups -OCH3 is 1. The van der Waals surface area contributed by atoms with Crippen molar-refractivity contribution >= 4 is 5.91 Å². The molecule has 1 amide bonds. The van der Waals surface area contributed by atoms with Crippen LogP contribution >= 0.6 is 0 Å². The lowest BCUT2D eigenvalue weighted by Crippen LogP contribution is -2.50. The number of aliphatic hydroxyl groups excluding tert-OH is 1. The lowest BCUT2D eigenvalue weighted by Gasteiger charge is -2.33. The van der Waals surface area contributed by atoms with Crippen molar-refractivity contribution in [2.75, 3.05) is 20.3 Å². The minimum absolute atomic E-state index is 0.0504. The fraction of sp³-hybridized carbons (Fsp3) is 0.923. The third-order valence-electron chi connectivity index (χ3n) is 3.17. The fourth-order valence-electron chi connectivity index (χ4n) is 2.12. The van der Waals surface area contributed by atoms with Crippen LogP contribution in [0.1, 0.15) is 39.0 Å². The zero-order chi connectivity index (χ0) is 13.4. The first-order valence-corrected chi connectivity index (χ1v) is 6.75. The molecule has 1 rings (SSSR count). The molecule has 106 valence electrons. The third-order valence-corrected chi connectivity index (χ3v) is 3.17. The molecule has 3 unspecified atom stereocenters. The van der Waals surface area contributed by atoms with Gasteiger partial charge in [-0.2, -0.15) is 0 Å². The maximum atomic E-state index is 11.6. The van der Waals surface area contributed by atoms with Gasteiger partial charge < -0.3 is 19.9 Å². The highest BCUT2D eigenvalue weighted by atomic mass is 16.5. The van der Waals surface area contributed by atoms with Crippen LogP contribution in [0.15, 0.2) is 0 Å². The molecule has 0 spiro atoms. The van der Waals surface area contributed by atoms with Crippen LogP contribution in [0, 0.1) is 0 Å². The van der Waals surface area contributed by atoms with Gasteiger partial charge in [-0.15, -0.1) is 0 Å². The molecule has 1 fully saturated rings. The molecule has 0 saturated carbocycles. The molecule has 1 heterocycles. The summed E-state index contributed by atoms with van der Waals surface area (Å²) in [5.41, 5.74) is 0. The van der Waals surface area contributed by atoms with E-state index < -0.39 is 6.10 Å². The van der Waals surface area contributed by atoms with E-state index in [1.807, 2.05) is 0 Å². The van der Waals surface area contributed by atoms with Gasteiger partial charge >= 0.3 is 0 Å². The molecule has 0 aromatic rings. The summed E-state index contributed by atoms with van der Waals surface area (Å²) >= 11 is 0. The highest BCUT2D eigenvalue weighted by Gasteiger charge is 2.30. The van der Waals surface area contributed by atoms with E-state index in [0.717, 1.165) is 19.3 Å². The zero-order valence-electron chi connectivity index (χ0n) is 11.4. The smallest absolute Gasteiger partial charge is 0.220 e. The summed E-state index contributed by atoms with van der Waals surface area (Å²) in [7, 11) is 1.58. The topological polar surface area (TPSA) is 67.8 Å². The Morgan fingerprint density at radius 2 is 2.28 bits per heavy atom. The second kappa shape index (κ2) is 8.45. The Bertz CT molecular complexity index is 247. The quantitative estimate of drug-likeness (QED) is 0.665. The second-order valence-corrected chi connectivity index (χ2v) is 4.85. The average Bonchev–Trinajstić information content (AvgIpc) is 2.33. The van der Waals surface area contributed by atoms with Crippen molar-refractivity contribution in [1.82, 2.24) is 5.32 Å². The maximum absolute atomic E-state index is 11.6. The lowest BCUT2D eigenvalue weighted by molar-refractivity contribution is -0.130. The van der Waals surface area contributed by atoms with E-state index >= 15 is 0 Å². The molecule has 0 aromatic heterocycles. The second-order valence-electron chi connectivity index (χ2n) is 4.85. The Morgan fingerprint density at radius 1 is 1.50 bits per heavy atom. The number of aliphatic hydroxyl groups is 1. The van der Waals surface area contributed by atoms with E-state index in [-0.39, 0.29) is 18.1 Å². The number of amides is 1. The van der Waals surface area contributed by atoms with Crippen molar-refractivity contribution in [3.05, 3.63) is 0 Å². The van der Waals surface area contributed by atoms with Crippen molar-refractivity contribution in [2.24, 2.45) is 0 Å². The van der Waals surface area contributed by atoms with E-state index in [4.69, 9.17) is 9.47 Å². The van der Waals surface area contributed by atoms with Crippen LogP contribution in [0.2, 0.25) is 0 Å². The molecular weight excluding hydrogens is 234 g/mol.